The van der Waals surface area contributed by atoms with Crippen molar-refractivity contribution in [1.29, 1.82) is 0 Å². The molecule has 1 aliphatic rings. The molecule has 0 radical (unpaired) electrons. The lowest BCUT2D eigenvalue weighted by molar-refractivity contribution is -0.119. The van der Waals surface area contributed by atoms with Gasteiger partial charge in [0.05, 0.1) is 12.2 Å². The van der Waals surface area contributed by atoms with Gasteiger partial charge in [-0.25, -0.2) is 4.68 Å². The molecule has 22 heavy (non-hydrogen) atoms. The number of fused-ring (bicyclic) bond motifs is 1. The molecule has 1 aromatic heterocycles. The van der Waals surface area contributed by atoms with Crippen molar-refractivity contribution in [3.8, 4) is 0 Å². The first-order chi connectivity index (χ1) is 10.7. The van der Waals surface area contributed by atoms with E-state index in [1.807, 2.05) is 34.9 Å². The minimum Gasteiger partial charge on any atom is -0.324 e. The third-order valence-corrected chi connectivity index (χ3v) is 4.86. The van der Waals surface area contributed by atoms with Gasteiger partial charge in [0.15, 0.2) is 5.82 Å². The predicted molar refractivity (Wildman–Crippen MR) is 84.4 cm³/mol. The van der Waals surface area contributed by atoms with Gasteiger partial charge in [0.1, 0.15) is 6.54 Å². The first-order valence-corrected chi connectivity index (χ1v) is 8.08. The minimum absolute atomic E-state index is 0.0239. The average molecular weight is 318 g/mol. The summed E-state index contributed by atoms with van der Waals surface area (Å²) < 4.78 is 1.46. The first-order valence-electron chi connectivity index (χ1n) is 7.20. The van der Waals surface area contributed by atoms with Crippen LogP contribution < -0.4 is 10.6 Å². The zero-order valence-electron chi connectivity index (χ0n) is 12.3. The van der Waals surface area contributed by atoms with Crippen molar-refractivity contribution in [2.75, 3.05) is 11.4 Å². The van der Waals surface area contributed by atoms with Crippen LogP contribution in [-0.4, -0.2) is 37.9 Å². The first kappa shape index (κ1) is 15.0. The molecule has 0 bridgehead atoms. The third-order valence-electron chi connectivity index (χ3n) is 3.62. The van der Waals surface area contributed by atoms with E-state index in [0.29, 0.717) is 17.6 Å². The van der Waals surface area contributed by atoms with E-state index in [2.05, 4.69) is 28.5 Å². The lowest BCUT2D eigenvalue weighted by Gasteiger charge is -2.22. The average Bonchev–Trinajstić information content (AvgIpc) is 2.88. The van der Waals surface area contributed by atoms with E-state index in [-0.39, 0.29) is 19.0 Å². The maximum absolute atomic E-state index is 12.7. The number of thioether (sulfide) groups is 1. The fourth-order valence-corrected chi connectivity index (χ4v) is 3.56. The SMILES string of the molecule is CC1CCN(C(=O)Cn2nnnc2CN)c2ccccc2S1. The Hall–Kier alpha value is -1.93. The van der Waals surface area contributed by atoms with E-state index >= 15 is 0 Å². The third kappa shape index (κ3) is 2.97. The summed E-state index contributed by atoms with van der Waals surface area (Å²) in [6.07, 6.45) is 0.949. The second kappa shape index (κ2) is 6.45. The monoisotopic (exact) mass is 318 g/mol. The van der Waals surface area contributed by atoms with Crippen LogP contribution in [0.1, 0.15) is 19.2 Å². The molecule has 3 rings (SSSR count). The molecule has 2 aromatic rings. The number of amides is 1. The zero-order chi connectivity index (χ0) is 15.5. The van der Waals surface area contributed by atoms with Crippen molar-refractivity contribution >= 4 is 23.4 Å². The molecule has 0 spiro atoms. The van der Waals surface area contributed by atoms with Gasteiger partial charge in [-0.05, 0) is 29.0 Å². The molecule has 0 aliphatic carbocycles. The predicted octanol–water partition coefficient (Wildman–Crippen LogP) is 1.05. The molecule has 1 aliphatic heterocycles. The van der Waals surface area contributed by atoms with Gasteiger partial charge in [-0.15, -0.1) is 16.9 Å². The van der Waals surface area contributed by atoms with Crippen LogP contribution in [-0.2, 0) is 17.9 Å². The van der Waals surface area contributed by atoms with Crippen molar-refractivity contribution in [3.05, 3.63) is 30.1 Å². The Morgan fingerprint density at radius 1 is 1.45 bits per heavy atom. The van der Waals surface area contributed by atoms with Gasteiger partial charge in [0.2, 0.25) is 5.91 Å². The maximum atomic E-state index is 12.7. The number of anilines is 1. The van der Waals surface area contributed by atoms with E-state index in [9.17, 15) is 4.79 Å². The number of nitrogens with zero attached hydrogens (tertiary/aromatic N) is 5. The molecule has 1 aromatic carbocycles. The number of hydrogen-bond donors (Lipinski definition) is 1. The summed E-state index contributed by atoms with van der Waals surface area (Å²) >= 11 is 1.81. The highest BCUT2D eigenvalue weighted by molar-refractivity contribution is 8.00. The normalized spacial score (nSPS) is 17.9. The molecule has 7 nitrogen and oxygen atoms in total. The van der Waals surface area contributed by atoms with E-state index < -0.39 is 0 Å². The standard InChI is InChI=1S/C14H18N6OS/c1-10-6-7-19(11-4-2-3-5-12(11)22-10)14(21)9-20-13(8-15)16-17-18-20/h2-5,10H,6-9,15H2,1H3. The molecule has 2 N–H and O–H groups in total. The Balaban J connectivity index is 1.86. The van der Waals surface area contributed by atoms with Gasteiger partial charge in [0, 0.05) is 16.7 Å². The van der Waals surface area contributed by atoms with E-state index in [0.717, 1.165) is 17.0 Å². The van der Waals surface area contributed by atoms with Crippen molar-refractivity contribution in [2.24, 2.45) is 5.73 Å². The molecule has 116 valence electrons. The minimum atomic E-state index is -0.0239. The van der Waals surface area contributed by atoms with Crippen LogP contribution in [0.15, 0.2) is 29.2 Å². The van der Waals surface area contributed by atoms with Gasteiger partial charge in [0.25, 0.3) is 0 Å². The smallest absolute Gasteiger partial charge is 0.248 e. The molecular formula is C14H18N6OS. The lowest BCUT2D eigenvalue weighted by Crippen LogP contribution is -2.35. The molecule has 1 amide bonds. The Morgan fingerprint density at radius 3 is 3.09 bits per heavy atom. The highest BCUT2D eigenvalue weighted by Gasteiger charge is 2.24. The second-order valence-electron chi connectivity index (χ2n) is 5.19. The second-order valence-corrected chi connectivity index (χ2v) is 6.67. The van der Waals surface area contributed by atoms with Crippen LogP contribution in [0.2, 0.25) is 0 Å². The van der Waals surface area contributed by atoms with Gasteiger partial charge in [-0.2, -0.15) is 0 Å². The van der Waals surface area contributed by atoms with Crippen molar-refractivity contribution in [3.63, 3.8) is 0 Å². The number of rotatable bonds is 3. The summed E-state index contributed by atoms with van der Waals surface area (Å²) in [5.41, 5.74) is 6.54. The van der Waals surface area contributed by atoms with Crippen LogP contribution in [0, 0.1) is 0 Å². The molecule has 0 saturated carbocycles. The maximum Gasteiger partial charge on any atom is 0.248 e. The van der Waals surface area contributed by atoms with Crippen LogP contribution in [0.5, 0.6) is 0 Å². The molecule has 2 heterocycles. The number of hydrogen-bond acceptors (Lipinski definition) is 6. The highest BCUT2D eigenvalue weighted by Crippen LogP contribution is 2.37. The van der Waals surface area contributed by atoms with E-state index in [4.69, 9.17) is 5.73 Å². The van der Waals surface area contributed by atoms with Gasteiger partial charge in [-0.3, -0.25) is 4.79 Å². The molecule has 8 heteroatoms. The van der Waals surface area contributed by atoms with E-state index in [1.54, 1.807) is 0 Å². The molecule has 0 fully saturated rings. The number of tetrazole rings is 1. The summed E-state index contributed by atoms with van der Waals surface area (Å²) in [7, 11) is 0. The number of aromatic nitrogens is 4. The van der Waals surface area contributed by atoms with Crippen molar-refractivity contribution < 1.29 is 4.79 Å². The van der Waals surface area contributed by atoms with Crippen LogP contribution in [0.25, 0.3) is 0 Å². The lowest BCUT2D eigenvalue weighted by atomic mass is 10.2. The Labute approximate surface area is 132 Å². The van der Waals surface area contributed by atoms with Crippen LogP contribution >= 0.6 is 11.8 Å². The van der Waals surface area contributed by atoms with Gasteiger partial charge >= 0.3 is 0 Å². The number of nitrogens with two attached hydrogens (primary N) is 1. The fourth-order valence-electron chi connectivity index (χ4n) is 2.45. The summed E-state index contributed by atoms with van der Waals surface area (Å²) in [6.45, 7) is 3.20. The number of para-hydroxylation sites is 1. The summed E-state index contributed by atoms with van der Waals surface area (Å²) in [5, 5.41) is 11.7. The summed E-state index contributed by atoms with van der Waals surface area (Å²) in [4.78, 5) is 15.7. The van der Waals surface area contributed by atoms with Crippen molar-refractivity contribution in [1.82, 2.24) is 20.2 Å². The van der Waals surface area contributed by atoms with Crippen LogP contribution in [0.3, 0.4) is 0 Å². The van der Waals surface area contributed by atoms with Crippen molar-refractivity contribution in [2.45, 2.75) is 36.6 Å². The molecule has 1 unspecified atom stereocenters. The number of benzene rings is 1. The Bertz CT molecular complexity index is 673. The number of carbonyl (C=O) groups excluding carboxylic acids is 1. The van der Waals surface area contributed by atoms with Gasteiger partial charge < -0.3 is 10.6 Å². The van der Waals surface area contributed by atoms with Gasteiger partial charge in [-0.1, -0.05) is 19.1 Å². The zero-order valence-corrected chi connectivity index (χ0v) is 13.2. The quantitative estimate of drug-likeness (QED) is 0.910. The molecule has 0 saturated heterocycles. The molecule has 1 atom stereocenters. The highest BCUT2D eigenvalue weighted by atomic mass is 32.2. The Morgan fingerprint density at radius 2 is 2.27 bits per heavy atom. The largest absolute Gasteiger partial charge is 0.324 e. The fraction of sp³-hybridized carbons (Fsp3) is 0.429. The van der Waals surface area contributed by atoms with E-state index in [1.165, 1.54) is 4.68 Å². The van der Waals surface area contributed by atoms with Crippen LogP contribution in [0.4, 0.5) is 5.69 Å². The topological polar surface area (TPSA) is 89.9 Å². The summed E-state index contributed by atoms with van der Waals surface area (Å²) in [5.74, 6) is 0.489. The Kier molecular flexibility index (Phi) is 4.39. The number of carbonyl (C=O) groups is 1. The summed E-state index contributed by atoms with van der Waals surface area (Å²) in [6, 6.07) is 8.00. The molecular weight excluding hydrogens is 300 g/mol.